The van der Waals surface area contributed by atoms with Crippen LogP contribution in [0.2, 0.25) is 0 Å². The van der Waals surface area contributed by atoms with Gasteiger partial charge in [-0.3, -0.25) is 4.79 Å². The Kier molecular flexibility index (Phi) is 6.07. The van der Waals surface area contributed by atoms with Crippen LogP contribution in [0.25, 0.3) is 0 Å². The van der Waals surface area contributed by atoms with Crippen molar-refractivity contribution in [1.29, 1.82) is 0 Å². The molecule has 0 aliphatic carbocycles. The number of esters is 1. The zero-order valence-electron chi connectivity index (χ0n) is 14.1. The average molecular weight is 330 g/mol. The van der Waals surface area contributed by atoms with Gasteiger partial charge in [0.05, 0.1) is 19.6 Å². The summed E-state index contributed by atoms with van der Waals surface area (Å²) in [5.74, 6) is 0.185. The highest BCUT2D eigenvalue weighted by molar-refractivity contribution is 5.79. The fraction of sp³-hybridized carbons (Fsp3) is 0.316. The Hall–Kier alpha value is -2.69. The van der Waals surface area contributed by atoms with Crippen molar-refractivity contribution in [2.75, 3.05) is 13.7 Å². The lowest BCUT2D eigenvalue weighted by atomic mass is 10.00. The molecule has 0 saturated carbocycles. The van der Waals surface area contributed by atoms with Crippen molar-refractivity contribution in [3.05, 3.63) is 53.6 Å². The van der Waals surface area contributed by atoms with Crippen molar-refractivity contribution in [3.63, 3.8) is 0 Å². The summed E-state index contributed by atoms with van der Waals surface area (Å²) in [5.41, 5.74) is 1.52. The molecule has 2 aromatic carbocycles. The Labute approximate surface area is 141 Å². The van der Waals surface area contributed by atoms with Crippen LogP contribution in [0.4, 0.5) is 0 Å². The van der Waals surface area contributed by atoms with E-state index in [1.807, 2.05) is 24.3 Å². The van der Waals surface area contributed by atoms with Crippen LogP contribution >= 0.6 is 0 Å². The van der Waals surface area contributed by atoms with Crippen molar-refractivity contribution < 1.29 is 24.1 Å². The molecule has 24 heavy (non-hydrogen) atoms. The summed E-state index contributed by atoms with van der Waals surface area (Å²) < 4.78 is 15.9. The lowest BCUT2D eigenvalue weighted by molar-refractivity contribution is -0.144. The predicted octanol–water partition coefficient (Wildman–Crippen LogP) is 3.65. The number of carbonyl (C=O) groups is 1. The van der Waals surface area contributed by atoms with Gasteiger partial charge in [-0.2, -0.15) is 0 Å². The maximum absolute atomic E-state index is 12.0. The molecule has 0 spiro atoms. The first-order chi connectivity index (χ1) is 11.6. The van der Waals surface area contributed by atoms with Gasteiger partial charge in [-0.25, -0.2) is 0 Å². The first-order valence-corrected chi connectivity index (χ1v) is 7.81. The van der Waals surface area contributed by atoms with Gasteiger partial charge < -0.3 is 19.3 Å². The van der Waals surface area contributed by atoms with Crippen LogP contribution in [0.5, 0.6) is 17.2 Å². The van der Waals surface area contributed by atoms with E-state index in [0.717, 1.165) is 11.3 Å². The highest BCUT2D eigenvalue weighted by atomic mass is 16.5. The number of hydrogen-bond acceptors (Lipinski definition) is 5. The third kappa shape index (κ3) is 4.19. The van der Waals surface area contributed by atoms with Crippen LogP contribution in [-0.2, 0) is 16.1 Å². The number of hydrogen-bond donors (Lipinski definition) is 1. The minimum atomic E-state index is -0.525. The standard InChI is InChI=1S/C19H22O5/c1-4-23-19(21)13(2)16-6-5-7-17(20)18(16)24-12-14-8-10-15(22-3)11-9-14/h5-11,13,20H,4,12H2,1-3H3/t13-/m1/s1. The van der Waals surface area contributed by atoms with Crippen LogP contribution in [0.3, 0.4) is 0 Å². The van der Waals surface area contributed by atoms with Gasteiger partial charge in [0.1, 0.15) is 12.4 Å². The molecule has 2 rings (SSSR count). The van der Waals surface area contributed by atoms with Crippen molar-refractivity contribution in [1.82, 2.24) is 0 Å². The topological polar surface area (TPSA) is 65.0 Å². The van der Waals surface area contributed by atoms with Crippen molar-refractivity contribution >= 4 is 5.97 Å². The SMILES string of the molecule is CCOC(=O)[C@H](C)c1cccc(O)c1OCc1ccc(OC)cc1. The minimum Gasteiger partial charge on any atom is -0.504 e. The van der Waals surface area contributed by atoms with Gasteiger partial charge in [-0.05, 0) is 37.6 Å². The molecule has 0 unspecified atom stereocenters. The second-order valence-electron chi connectivity index (χ2n) is 5.31. The van der Waals surface area contributed by atoms with E-state index in [2.05, 4.69) is 0 Å². The van der Waals surface area contributed by atoms with Crippen LogP contribution in [0.15, 0.2) is 42.5 Å². The Morgan fingerprint density at radius 1 is 1.17 bits per heavy atom. The Morgan fingerprint density at radius 3 is 2.50 bits per heavy atom. The number of ether oxygens (including phenoxy) is 3. The van der Waals surface area contributed by atoms with Gasteiger partial charge in [0.2, 0.25) is 0 Å². The van der Waals surface area contributed by atoms with Crippen LogP contribution < -0.4 is 9.47 Å². The number of carbonyl (C=O) groups excluding carboxylic acids is 1. The molecule has 0 bridgehead atoms. The van der Waals surface area contributed by atoms with Crippen LogP contribution in [0, 0.1) is 0 Å². The number of phenols is 1. The number of methoxy groups -OCH3 is 1. The van der Waals surface area contributed by atoms with Crippen molar-refractivity contribution in [2.45, 2.75) is 26.4 Å². The molecular weight excluding hydrogens is 308 g/mol. The van der Waals surface area contributed by atoms with Gasteiger partial charge in [0.15, 0.2) is 11.5 Å². The molecule has 0 amide bonds. The van der Waals surface area contributed by atoms with Crippen molar-refractivity contribution in [2.24, 2.45) is 0 Å². The molecule has 1 atom stereocenters. The highest BCUT2D eigenvalue weighted by Gasteiger charge is 2.22. The largest absolute Gasteiger partial charge is 0.504 e. The molecule has 128 valence electrons. The van der Waals surface area contributed by atoms with E-state index in [-0.39, 0.29) is 18.3 Å². The van der Waals surface area contributed by atoms with E-state index in [1.54, 1.807) is 33.1 Å². The molecule has 5 nitrogen and oxygen atoms in total. The molecule has 0 aliphatic heterocycles. The van der Waals surface area contributed by atoms with Crippen molar-refractivity contribution in [3.8, 4) is 17.2 Å². The summed E-state index contributed by atoms with van der Waals surface area (Å²) in [7, 11) is 1.61. The van der Waals surface area contributed by atoms with Gasteiger partial charge in [-0.1, -0.05) is 24.3 Å². The van der Waals surface area contributed by atoms with Gasteiger partial charge >= 0.3 is 5.97 Å². The zero-order chi connectivity index (χ0) is 17.5. The summed E-state index contributed by atoms with van der Waals surface area (Å²) in [6.45, 7) is 4.06. The molecule has 5 heteroatoms. The second kappa shape index (κ2) is 8.24. The summed E-state index contributed by atoms with van der Waals surface area (Å²) >= 11 is 0. The second-order valence-corrected chi connectivity index (χ2v) is 5.31. The van der Waals surface area contributed by atoms with E-state index in [9.17, 15) is 9.90 Å². The average Bonchev–Trinajstić information content (AvgIpc) is 2.60. The quantitative estimate of drug-likeness (QED) is 0.785. The normalized spacial score (nSPS) is 11.6. The molecule has 0 fully saturated rings. The summed E-state index contributed by atoms with van der Waals surface area (Å²) in [6.07, 6.45) is 0. The number of rotatable bonds is 7. The first kappa shape index (κ1) is 17.7. The Morgan fingerprint density at radius 2 is 1.88 bits per heavy atom. The third-order valence-electron chi connectivity index (χ3n) is 3.67. The summed E-state index contributed by atoms with van der Waals surface area (Å²) in [4.78, 5) is 12.0. The van der Waals surface area contributed by atoms with Gasteiger partial charge in [0.25, 0.3) is 0 Å². The molecule has 0 aliphatic rings. The maximum Gasteiger partial charge on any atom is 0.313 e. The maximum atomic E-state index is 12.0. The van der Waals surface area contributed by atoms with E-state index < -0.39 is 5.92 Å². The number of benzene rings is 2. The Bertz CT molecular complexity index is 679. The molecule has 1 N–H and O–H groups in total. The zero-order valence-corrected chi connectivity index (χ0v) is 14.1. The van der Waals surface area contributed by atoms with E-state index >= 15 is 0 Å². The van der Waals surface area contributed by atoms with Crippen LogP contribution in [-0.4, -0.2) is 24.8 Å². The third-order valence-corrected chi connectivity index (χ3v) is 3.67. The Balaban J connectivity index is 2.18. The fourth-order valence-electron chi connectivity index (χ4n) is 2.31. The lowest BCUT2D eigenvalue weighted by Crippen LogP contribution is -2.14. The van der Waals surface area contributed by atoms with Gasteiger partial charge in [-0.15, -0.1) is 0 Å². The monoisotopic (exact) mass is 330 g/mol. The number of para-hydroxylation sites is 1. The minimum absolute atomic E-state index is 0.00263. The molecule has 2 aromatic rings. The fourth-order valence-corrected chi connectivity index (χ4v) is 2.31. The van der Waals surface area contributed by atoms with Gasteiger partial charge in [0, 0.05) is 5.56 Å². The smallest absolute Gasteiger partial charge is 0.313 e. The highest BCUT2D eigenvalue weighted by Crippen LogP contribution is 2.36. The lowest BCUT2D eigenvalue weighted by Gasteiger charge is -2.17. The number of aromatic hydroxyl groups is 1. The molecule has 0 aromatic heterocycles. The van der Waals surface area contributed by atoms with E-state index in [1.165, 1.54) is 6.07 Å². The van der Waals surface area contributed by atoms with E-state index in [4.69, 9.17) is 14.2 Å². The first-order valence-electron chi connectivity index (χ1n) is 7.81. The molecule has 0 radical (unpaired) electrons. The molecule has 0 heterocycles. The molecule has 0 saturated heterocycles. The summed E-state index contributed by atoms with van der Waals surface area (Å²) in [5, 5.41) is 10.1. The molecular formula is C19H22O5. The number of phenolic OH excluding ortho intramolecular Hbond substituents is 1. The summed E-state index contributed by atoms with van der Waals surface area (Å²) in [6, 6.07) is 12.4. The predicted molar refractivity (Wildman–Crippen MR) is 90.5 cm³/mol. The van der Waals surface area contributed by atoms with Crippen LogP contribution in [0.1, 0.15) is 30.9 Å². The van der Waals surface area contributed by atoms with E-state index in [0.29, 0.717) is 17.9 Å².